The van der Waals surface area contributed by atoms with E-state index in [9.17, 15) is 4.79 Å². The van der Waals surface area contributed by atoms with Crippen molar-refractivity contribution >= 4 is 44.7 Å². The number of thioether (sulfide) groups is 1. The number of aryl methyl sites for hydroxylation is 1. The molecule has 0 amide bonds. The molecule has 0 saturated heterocycles. The van der Waals surface area contributed by atoms with Crippen LogP contribution < -0.4 is 5.56 Å². The summed E-state index contributed by atoms with van der Waals surface area (Å²) in [6.07, 6.45) is 6.60. The fourth-order valence-corrected chi connectivity index (χ4v) is 6.13. The van der Waals surface area contributed by atoms with Crippen LogP contribution in [0.1, 0.15) is 12.3 Å². The third-order valence-corrected chi connectivity index (χ3v) is 7.77. The second-order valence-corrected chi connectivity index (χ2v) is 9.97. The van der Waals surface area contributed by atoms with Crippen molar-refractivity contribution in [2.75, 3.05) is 5.75 Å². The SMILES string of the molecule is C=CCn1c(SCCCc2nc(-c3ccncc3)no2)nc2scc(-c3cccs3)c2c1=O. The molecule has 0 saturated carbocycles. The maximum atomic E-state index is 13.3. The molecule has 0 fully saturated rings. The molecular formula is C23H19N5O2S3. The van der Waals surface area contributed by atoms with Crippen LogP contribution in [0, 0.1) is 0 Å². The first kappa shape index (κ1) is 21.7. The van der Waals surface area contributed by atoms with E-state index in [0.29, 0.717) is 35.2 Å². The summed E-state index contributed by atoms with van der Waals surface area (Å²) in [5, 5.41) is 9.47. The summed E-state index contributed by atoms with van der Waals surface area (Å²) in [6.45, 7) is 4.24. The first-order valence-electron chi connectivity index (χ1n) is 10.3. The van der Waals surface area contributed by atoms with Crippen molar-refractivity contribution in [1.29, 1.82) is 0 Å². The van der Waals surface area contributed by atoms with E-state index in [4.69, 9.17) is 9.51 Å². The Morgan fingerprint density at radius 1 is 1.18 bits per heavy atom. The van der Waals surface area contributed by atoms with Gasteiger partial charge in [0.2, 0.25) is 11.7 Å². The van der Waals surface area contributed by atoms with Gasteiger partial charge in [-0.2, -0.15) is 4.98 Å². The smallest absolute Gasteiger partial charge is 0.263 e. The molecule has 166 valence electrons. The van der Waals surface area contributed by atoms with E-state index >= 15 is 0 Å². The fraction of sp³-hybridized carbons (Fsp3) is 0.174. The van der Waals surface area contributed by atoms with Crippen molar-refractivity contribution in [2.45, 2.75) is 24.5 Å². The molecule has 0 aromatic carbocycles. The lowest BCUT2D eigenvalue weighted by atomic mass is 10.2. The molecule has 0 aliphatic rings. The Bertz CT molecular complexity index is 1440. The predicted octanol–water partition coefficient (Wildman–Crippen LogP) is 5.54. The van der Waals surface area contributed by atoms with Crippen LogP contribution in [-0.4, -0.2) is 30.4 Å². The molecule has 0 unspecified atom stereocenters. The lowest BCUT2D eigenvalue weighted by Crippen LogP contribution is -2.22. The van der Waals surface area contributed by atoms with Crippen LogP contribution in [0.2, 0.25) is 0 Å². The molecule has 0 radical (unpaired) electrons. The Balaban J connectivity index is 1.31. The number of rotatable bonds is 9. The molecule has 33 heavy (non-hydrogen) atoms. The minimum absolute atomic E-state index is 0.0223. The van der Waals surface area contributed by atoms with Gasteiger partial charge in [-0.3, -0.25) is 14.3 Å². The molecule has 5 aromatic rings. The highest BCUT2D eigenvalue weighted by molar-refractivity contribution is 7.99. The molecule has 5 heterocycles. The second-order valence-electron chi connectivity index (χ2n) is 7.11. The monoisotopic (exact) mass is 493 g/mol. The summed E-state index contributed by atoms with van der Waals surface area (Å²) in [7, 11) is 0. The highest BCUT2D eigenvalue weighted by Gasteiger charge is 2.17. The average molecular weight is 494 g/mol. The molecule has 0 N–H and O–H groups in total. The fourth-order valence-electron chi connectivity index (χ4n) is 3.38. The first-order valence-corrected chi connectivity index (χ1v) is 13.0. The van der Waals surface area contributed by atoms with E-state index in [-0.39, 0.29) is 5.56 Å². The van der Waals surface area contributed by atoms with Crippen LogP contribution in [0.4, 0.5) is 0 Å². The van der Waals surface area contributed by atoms with Crippen LogP contribution in [0.5, 0.6) is 0 Å². The lowest BCUT2D eigenvalue weighted by Gasteiger charge is -2.10. The molecule has 0 atom stereocenters. The maximum Gasteiger partial charge on any atom is 0.263 e. The topological polar surface area (TPSA) is 86.7 Å². The predicted molar refractivity (Wildman–Crippen MR) is 134 cm³/mol. The van der Waals surface area contributed by atoms with Crippen molar-refractivity contribution in [3.05, 3.63) is 76.3 Å². The van der Waals surface area contributed by atoms with E-state index in [0.717, 1.165) is 33.0 Å². The Morgan fingerprint density at radius 3 is 2.85 bits per heavy atom. The summed E-state index contributed by atoms with van der Waals surface area (Å²) in [5.41, 5.74) is 1.81. The highest BCUT2D eigenvalue weighted by Crippen LogP contribution is 2.34. The van der Waals surface area contributed by atoms with Gasteiger partial charge in [0, 0.05) is 52.5 Å². The van der Waals surface area contributed by atoms with Crippen molar-refractivity contribution in [2.24, 2.45) is 0 Å². The molecule has 7 nitrogen and oxygen atoms in total. The standard InChI is InChI=1S/C23H19N5O2S3/c1-2-11-28-22(29)19-16(17-5-3-12-31-17)14-33-21(19)26-23(28)32-13-4-6-18-25-20(27-30-18)15-7-9-24-10-8-15/h2-3,5,7-10,12,14H,1,4,6,11,13H2. The van der Waals surface area contributed by atoms with Gasteiger partial charge >= 0.3 is 0 Å². The lowest BCUT2D eigenvalue weighted by molar-refractivity contribution is 0.378. The Labute approximate surface area is 201 Å². The number of allylic oxidation sites excluding steroid dienone is 1. The van der Waals surface area contributed by atoms with Gasteiger partial charge in [-0.1, -0.05) is 29.1 Å². The molecule has 0 aliphatic carbocycles. The minimum atomic E-state index is -0.0223. The van der Waals surface area contributed by atoms with Gasteiger partial charge in [0.05, 0.1) is 5.39 Å². The highest BCUT2D eigenvalue weighted by atomic mass is 32.2. The Kier molecular flexibility index (Phi) is 6.47. The van der Waals surface area contributed by atoms with Gasteiger partial charge in [0.15, 0.2) is 5.16 Å². The summed E-state index contributed by atoms with van der Waals surface area (Å²) >= 11 is 4.69. The largest absolute Gasteiger partial charge is 0.339 e. The van der Waals surface area contributed by atoms with Gasteiger partial charge < -0.3 is 4.52 Å². The maximum absolute atomic E-state index is 13.3. The van der Waals surface area contributed by atoms with E-state index in [1.54, 1.807) is 46.1 Å². The van der Waals surface area contributed by atoms with Crippen molar-refractivity contribution in [3.63, 3.8) is 0 Å². The quantitative estimate of drug-likeness (QED) is 0.115. The average Bonchev–Trinajstić information content (AvgIpc) is 3.60. The van der Waals surface area contributed by atoms with Gasteiger partial charge in [-0.15, -0.1) is 29.3 Å². The molecule has 10 heteroatoms. The van der Waals surface area contributed by atoms with Crippen molar-refractivity contribution < 1.29 is 4.52 Å². The first-order chi connectivity index (χ1) is 16.2. The minimum Gasteiger partial charge on any atom is -0.339 e. The summed E-state index contributed by atoms with van der Waals surface area (Å²) in [4.78, 5) is 28.5. The second kappa shape index (κ2) is 9.82. The molecule has 5 aromatic heterocycles. The van der Waals surface area contributed by atoms with E-state index in [1.807, 2.05) is 35.0 Å². The van der Waals surface area contributed by atoms with E-state index in [1.165, 1.54) is 11.3 Å². The number of pyridine rings is 1. The Hall–Kier alpha value is -3.08. The van der Waals surface area contributed by atoms with Crippen LogP contribution in [0.3, 0.4) is 0 Å². The van der Waals surface area contributed by atoms with Gasteiger partial charge in [-0.25, -0.2) is 4.98 Å². The van der Waals surface area contributed by atoms with Crippen LogP contribution in [0.25, 0.3) is 32.0 Å². The third kappa shape index (κ3) is 4.54. The van der Waals surface area contributed by atoms with Gasteiger partial charge in [-0.05, 0) is 30.0 Å². The van der Waals surface area contributed by atoms with E-state index in [2.05, 4.69) is 21.7 Å². The third-order valence-electron chi connectivity index (χ3n) is 4.93. The number of fused-ring (bicyclic) bond motifs is 1. The van der Waals surface area contributed by atoms with Gasteiger partial charge in [0.25, 0.3) is 5.56 Å². The number of hydrogen-bond acceptors (Lipinski definition) is 9. The zero-order valence-corrected chi connectivity index (χ0v) is 20.0. The van der Waals surface area contributed by atoms with Crippen molar-refractivity contribution in [3.8, 4) is 21.8 Å². The summed E-state index contributed by atoms with van der Waals surface area (Å²) in [6, 6.07) is 7.72. The number of nitrogens with zero attached hydrogens (tertiary/aromatic N) is 5. The number of hydrogen-bond donors (Lipinski definition) is 0. The zero-order chi connectivity index (χ0) is 22.6. The Morgan fingerprint density at radius 2 is 2.06 bits per heavy atom. The zero-order valence-electron chi connectivity index (χ0n) is 17.5. The van der Waals surface area contributed by atoms with E-state index < -0.39 is 0 Å². The normalized spacial score (nSPS) is 11.3. The summed E-state index contributed by atoms with van der Waals surface area (Å²) in [5.74, 6) is 1.92. The number of aromatic nitrogens is 5. The molecular weight excluding hydrogens is 474 g/mol. The molecule has 0 spiro atoms. The molecule has 5 rings (SSSR count). The van der Waals surface area contributed by atoms with Crippen molar-refractivity contribution in [1.82, 2.24) is 24.7 Å². The van der Waals surface area contributed by atoms with Crippen LogP contribution in [-0.2, 0) is 13.0 Å². The molecule has 0 aliphatic heterocycles. The van der Waals surface area contributed by atoms with Gasteiger partial charge in [0.1, 0.15) is 4.83 Å². The number of thiophene rings is 2. The summed E-state index contributed by atoms with van der Waals surface area (Å²) < 4.78 is 7.08. The van der Waals surface area contributed by atoms with Crippen LogP contribution in [0.15, 0.2) is 74.5 Å². The molecule has 0 bridgehead atoms. The van der Waals surface area contributed by atoms with Crippen LogP contribution >= 0.6 is 34.4 Å².